The van der Waals surface area contributed by atoms with Gasteiger partial charge in [-0.25, -0.2) is 14.4 Å². The molecule has 14 heteroatoms. The van der Waals surface area contributed by atoms with Crippen molar-refractivity contribution in [1.82, 2.24) is 35.1 Å². The zero-order valence-corrected chi connectivity index (χ0v) is 28.5. The van der Waals surface area contributed by atoms with E-state index in [9.17, 15) is 14.0 Å². The first-order chi connectivity index (χ1) is 23.7. The van der Waals surface area contributed by atoms with Gasteiger partial charge in [0, 0.05) is 93.4 Å². The average molecular weight is 693 g/mol. The number of halogens is 3. The van der Waals surface area contributed by atoms with Crippen molar-refractivity contribution >= 4 is 29.1 Å². The fourth-order valence-corrected chi connectivity index (χ4v) is 6.79. The summed E-state index contributed by atoms with van der Waals surface area (Å²) in [6.45, 7) is 4.20. The molecule has 0 aliphatic carbocycles. The van der Waals surface area contributed by atoms with Gasteiger partial charge in [-0.2, -0.15) is 0 Å². The molecule has 2 aliphatic heterocycles. The number of pyridine rings is 2. The van der Waals surface area contributed by atoms with Crippen LogP contribution >= 0.6 is 11.6 Å². The first-order valence-electron chi connectivity index (χ1n) is 16.3. The highest BCUT2D eigenvalue weighted by atomic mass is 35.5. The number of hydrogen-bond donors (Lipinski definition) is 3. The molecule has 1 aromatic carbocycles. The normalized spacial score (nSPS) is 16.0. The number of rotatable bonds is 12. The van der Waals surface area contributed by atoms with Gasteiger partial charge in [-0.3, -0.25) is 23.9 Å². The Morgan fingerprint density at radius 1 is 1.20 bits per heavy atom. The number of nitrogens with zero attached hydrogens (tertiary/aromatic N) is 5. The number of imidazole rings is 1. The van der Waals surface area contributed by atoms with E-state index in [-0.39, 0.29) is 53.2 Å². The maximum absolute atomic E-state index is 15.5. The Hall–Kier alpha value is -4.46. The van der Waals surface area contributed by atoms with Gasteiger partial charge in [-0.05, 0) is 37.5 Å². The number of methoxy groups -OCH3 is 1. The lowest BCUT2D eigenvalue weighted by molar-refractivity contribution is -0.119. The van der Waals surface area contributed by atoms with Gasteiger partial charge in [0.1, 0.15) is 5.82 Å². The van der Waals surface area contributed by atoms with Crippen LogP contribution in [0.25, 0.3) is 22.5 Å². The molecule has 6 rings (SSSR count). The predicted molar refractivity (Wildman–Crippen MR) is 183 cm³/mol. The third-order valence-electron chi connectivity index (χ3n) is 9.15. The van der Waals surface area contributed by atoms with Crippen LogP contribution in [-0.4, -0.2) is 75.7 Å². The van der Waals surface area contributed by atoms with Crippen molar-refractivity contribution in [2.45, 2.75) is 51.7 Å². The minimum absolute atomic E-state index is 0.00411. The first kappa shape index (κ1) is 34.4. The van der Waals surface area contributed by atoms with Crippen molar-refractivity contribution in [3.05, 3.63) is 75.7 Å². The molecule has 0 saturated carbocycles. The molecular weight excluding hydrogens is 654 g/mol. The molecule has 11 nitrogen and oxygen atoms in total. The number of amides is 2. The number of hydrogen-bond acceptors (Lipinski definition) is 8. The SMILES string of the molecule is COc1nc(-c2ccnc(-c3cccc(NC(=O)c4nc5c(n4C)CCN(CCCF)C5)c3C)c2Cl)cc(F)c1CNC[C@@H]1CCC(=O)N1. The second kappa shape index (κ2) is 15.0. The van der Waals surface area contributed by atoms with Crippen LogP contribution in [0, 0.1) is 12.7 Å². The average Bonchev–Trinajstić information content (AvgIpc) is 3.67. The molecule has 3 N–H and O–H groups in total. The summed E-state index contributed by atoms with van der Waals surface area (Å²) in [5.41, 5.74) is 5.27. The summed E-state index contributed by atoms with van der Waals surface area (Å²) < 4.78 is 35.5. The summed E-state index contributed by atoms with van der Waals surface area (Å²) in [4.78, 5) is 40.9. The molecule has 5 heterocycles. The lowest BCUT2D eigenvalue weighted by Crippen LogP contribution is -2.35. The van der Waals surface area contributed by atoms with Gasteiger partial charge in [-0.15, -0.1) is 0 Å². The number of fused-ring (bicyclic) bond motifs is 1. The molecule has 2 aliphatic rings. The first-order valence-corrected chi connectivity index (χ1v) is 16.7. The minimum atomic E-state index is -0.511. The zero-order valence-electron chi connectivity index (χ0n) is 27.7. The Kier molecular flexibility index (Phi) is 10.5. The Morgan fingerprint density at radius 3 is 2.80 bits per heavy atom. The van der Waals surface area contributed by atoms with E-state index in [0.29, 0.717) is 60.8 Å². The van der Waals surface area contributed by atoms with E-state index in [0.717, 1.165) is 36.3 Å². The maximum atomic E-state index is 15.5. The molecular formula is C35H39ClF2N8O3. The zero-order chi connectivity index (χ0) is 34.7. The standard InChI is InChI=1S/C35H39ClF2N8O3/c1-20-22(6-4-7-26(20)43-34(48)33-42-28-19-46(14-5-12-37)15-11-29(28)45(33)2)32-31(36)23(10-13-40-32)27-16-25(38)24(35(44-27)49-3)18-39-17-21-8-9-30(47)41-21/h4,6-7,10,13,16,21,39H,5,8-9,11-12,14-15,17-19H2,1-3H3,(H,41,47)(H,43,48)/t21-/m0/s1. The molecule has 258 valence electrons. The van der Waals surface area contributed by atoms with E-state index in [1.165, 1.54) is 13.2 Å². The van der Waals surface area contributed by atoms with Crippen LogP contribution in [0.15, 0.2) is 36.5 Å². The van der Waals surface area contributed by atoms with Gasteiger partial charge < -0.3 is 25.3 Å². The fourth-order valence-electron chi connectivity index (χ4n) is 6.48. The summed E-state index contributed by atoms with van der Waals surface area (Å²) in [7, 11) is 3.27. The van der Waals surface area contributed by atoms with Gasteiger partial charge in [-0.1, -0.05) is 23.7 Å². The summed E-state index contributed by atoms with van der Waals surface area (Å²) >= 11 is 6.94. The number of alkyl halides is 1. The molecule has 4 aromatic rings. The van der Waals surface area contributed by atoms with Gasteiger partial charge in [0.25, 0.3) is 5.91 Å². The van der Waals surface area contributed by atoms with Crippen molar-refractivity contribution in [1.29, 1.82) is 0 Å². The van der Waals surface area contributed by atoms with Crippen LogP contribution in [0.3, 0.4) is 0 Å². The van der Waals surface area contributed by atoms with Crippen molar-refractivity contribution < 1.29 is 23.1 Å². The lowest BCUT2D eigenvalue weighted by Gasteiger charge is -2.26. The van der Waals surface area contributed by atoms with Crippen molar-refractivity contribution in [2.75, 3.05) is 38.7 Å². The van der Waals surface area contributed by atoms with Crippen LogP contribution in [0.2, 0.25) is 5.02 Å². The predicted octanol–water partition coefficient (Wildman–Crippen LogP) is 4.99. The van der Waals surface area contributed by atoms with Gasteiger partial charge >= 0.3 is 0 Å². The van der Waals surface area contributed by atoms with Crippen LogP contribution in [-0.2, 0) is 31.4 Å². The third-order valence-corrected chi connectivity index (χ3v) is 9.53. The maximum Gasteiger partial charge on any atom is 0.291 e. The van der Waals surface area contributed by atoms with E-state index in [4.69, 9.17) is 16.3 Å². The largest absolute Gasteiger partial charge is 0.481 e. The van der Waals surface area contributed by atoms with Crippen LogP contribution in [0.5, 0.6) is 5.88 Å². The van der Waals surface area contributed by atoms with Gasteiger partial charge in [0.2, 0.25) is 11.8 Å². The number of carbonyl (C=O) groups excluding carboxylic acids is 2. The van der Waals surface area contributed by atoms with E-state index in [1.54, 1.807) is 24.4 Å². The molecule has 0 radical (unpaired) electrons. The number of ether oxygens (including phenoxy) is 1. The number of carbonyl (C=O) groups is 2. The molecule has 0 unspecified atom stereocenters. The van der Waals surface area contributed by atoms with E-state index in [2.05, 4.69) is 35.8 Å². The second-order valence-corrected chi connectivity index (χ2v) is 12.7. The molecule has 0 spiro atoms. The topological polar surface area (TPSA) is 126 Å². The molecule has 1 atom stereocenters. The van der Waals surface area contributed by atoms with Crippen molar-refractivity contribution in [3.63, 3.8) is 0 Å². The van der Waals surface area contributed by atoms with Crippen LogP contribution in [0.4, 0.5) is 14.5 Å². The Labute approximate surface area is 288 Å². The highest BCUT2D eigenvalue weighted by Gasteiger charge is 2.26. The number of anilines is 1. The number of aromatic nitrogens is 4. The highest BCUT2D eigenvalue weighted by Crippen LogP contribution is 2.38. The molecule has 0 bridgehead atoms. The summed E-state index contributed by atoms with van der Waals surface area (Å²) in [5.74, 6) is -0.425. The second-order valence-electron chi connectivity index (χ2n) is 12.3. The van der Waals surface area contributed by atoms with E-state index in [1.807, 2.05) is 24.6 Å². The van der Waals surface area contributed by atoms with Gasteiger partial charge in [0.05, 0.1) is 41.5 Å². The molecule has 49 heavy (non-hydrogen) atoms. The monoisotopic (exact) mass is 692 g/mol. The van der Waals surface area contributed by atoms with Crippen LogP contribution < -0.4 is 20.7 Å². The Bertz CT molecular complexity index is 1880. The van der Waals surface area contributed by atoms with Crippen molar-refractivity contribution in [3.8, 4) is 28.4 Å². The quantitative estimate of drug-likeness (QED) is 0.190. The third kappa shape index (κ3) is 7.29. The number of benzene rings is 1. The fraction of sp³-hybridized carbons (Fsp3) is 0.400. The molecule has 2 amide bonds. The molecule has 1 fully saturated rings. The smallest absolute Gasteiger partial charge is 0.291 e. The molecule has 1 saturated heterocycles. The summed E-state index contributed by atoms with van der Waals surface area (Å²) in [6, 6.07) is 8.43. The minimum Gasteiger partial charge on any atom is -0.481 e. The van der Waals surface area contributed by atoms with E-state index >= 15 is 4.39 Å². The Balaban J connectivity index is 1.22. The summed E-state index contributed by atoms with van der Waals surface area (Å²) in [5, 5.41) is 9.33. The lowest BCUT2D eigenvalue weighted by atomic mass is 10.0. The number of nitrogens with one attached hydrogen (secondary N) is 3. The van der Waals surface area contributed by atoms with Crippen molar-refractivity contribution in [2.24, 2.45) is 7.05 Å². The van der Waals surface area contributed by atoms with E-state index < -0.39 is 5.82 Å². The Morgan fingerprint density at radius 2 is 2.04 bits per heavy atom. The summed E-state index contributed by atoms with van der Waals surface area (Å²) in [6.07, 6.45) is 4.01. The highest BCUT2D eigenvalue weighted by molar-refractivity contribution is 6.35. The van der Waals surface area contributed by atoms with Crippen LogP contribution in [0.1, 0.15) is 52.4 Å². The van der Waals surface area contributed by atoms with Gasteiger partial charge in [0.15, 0.2) is 5.82 Å². The molecule has 3 aromatic heterocycles.